The third kappa shape index (κ3) is 5.65. The van der Waals surface area contributed by atoms with Crippen LogP contribution in [0.1, 0.15) is 19.4 Å². The second-order valence-electron chi connectivity index (χ2n) is 8.29. The maximum Gasteiger partial charge on any atom is 0.378 e. The summed E-state index contributed by atoms with van der Waals surface area (Å²) in [6.45, 7) is 1.64. The van der Waals surface area contributed by atoms with E-state index in [0.717, 1.165) is 24.6 Å². The van der Waals surface area contributed by atoms with E-state index in [1.54, 1.807) is 12.1 Å². The van der Waals surface area contributed by atoms with E-state index in [1.807, 2.05) is 19.1 Å². The largest absolute Gasteiger partial charge is 0.487 e. The van der Waals surface area contributed by atoms with Crippen molar-refractivity contribution in [3.05, 3.63) is 76.7 Å². The van der Waals surface area contributed by atoms with E-state index in [4.69, 9.17) is 4.42 Å². The highest BCUT2D eigenvalue weighted by Gasteiger charge is 2.72. The number of esters is 1. The Labute approximate surface area is 207 Å². The number of aryl methyl sites for hydroxylation is 1. The first-order valence-electron chi connectivity index (χ1n) is 11.0. The average Bonchev–Trinajstić information content (AvgIpc) is 2.85. The minimum atomic E-state index is -5.93. The van der Waals surface area contributed by atoms with Gasteiger partial charge in [-0.3, -0.25) is 0 Å². The molecule has 5 nitrogen and oxygen atoms in total. The Morgan fingerprint density at radius 2 is 1.59 bits per heavy atom. The molecule has 3 aromatic rings. The van der Waals surface area contributed by atoms with Crippen molar-refractivity contribution in [1.82, 2.24) is 0 Å². The van der Waals surface area contributed by atoms with Gasteiger partial charge in [0.15, 0.2) is 13.2 Å². The number of ether oxygens (including phenoxy) is 2. The molecule has 0 spiro atoms. The van der Waals surface area contributed by atoms with E-state index in [2.05, 4.69) is 16.1 Å². The lowest BCUT2D eigenvalue weighted by atomic mass is 9.98. The standard InChI is InChI=1S/C26H22F6O5/c1-4-16-7-5-6-8-19(16)20-11-17-9-10-18(12-21(17)37-23(20)34)35-13-24(27,28)26(31,32)25(29,30)14-36-22(33)15(2)3/h5-12H,2,4,13-14H2,1,3H3. The molecule has 1 aromatic heterocycles. The van der Waals surface area contributed by atoms with Gasteiger partial charge in [0.25, 0.3) is 0 Å². The van der Waals surface area contributed by atoms with E-state index in [-0.39, 0.29) is 16.7 Å². The summed E-state index contributed by atoms with van der Waals surface area (Å²) in [7, 11) is 0. The first kappa shape index (κ1) is 27.8. The van der Waals surface area contributed by atoms with Crippen LogP contribution in [0.15, 0.2) is 69.9 Å². The molecule has 0 aliphatic carbocycles. The van der Waals surface area contributed by atoms with Crippen LogP contribution in [0.5, 0.6) is 5.75 Å². The Hall–Kier alpha value is -3.76. The molecule has 0 N–H and O–H groups in total. The van der Waals surface area contributed by atoms with E-state index in [1.165, 1.54) is 12.1 Å². The third-order valence-electron chi connectivity index (χ3n) is 5.47. The molecule has 1 heterocycles. The van der Waals surface area contributed by atoms with Gasteiger partial charge in [-0.1, -0.05) is 37.8 Å². The highest BCUT2D eigenvalue weighted by Crippen LogP contribution is 2.46. The summed E-state index contributed by atoms with van der Waals surface area (Å²) in [5.41, 5.74) is 0.609. The molecular weight excluding hydrogens is 506 g/mol. The zero-order chi connectivity index (χ0) is 27.6. The van der Waals surface area contributed by atoms with Gasteiger partial charge in [0, 0.05) is 17.0 Å². The summed E-state index contributed by atoms with van der Waals surface area (Å²) < 4.78 is 98.1. The Morgan fingerprint density at radius 3 is 2.24 bits per heavy atom. The van der Waals surface area contributed by atoms with E-state index in [9.17, 15) is 35.9 Å². The van der Waals surface area contributed by atoms with Crippen molar-refractivity contribution in [3.63, 3.8) is 0 Å². The summed E-state index contributed by atoms with van der Waals surface area (Å²) in [6.07, 6.45) is 0.647. The highest BCUT2D eigenvalue weighted by molar-refractivity contribution is 5.87. The van der Waals surface area contributed by atoms with Gasteiger partial charge in [-0.2, -0.15) is 26.3 Å². The molecule has 0 saturated heterocycles. The SMILES string of the molecule is C=C(C)C(=O)OCC(F)(F)C(F)(F)C(F)(F)COc1ccc2cc(-c3ccccc3CC)c(=O)oc2c1. The average molecular weight is 528 g/mol. The molecule has 0 radical (unpaired) electrons. The molecule has 198 valence electrons. The second kappa shape index (κ2) is 10.3. The molecule has 0 atom stereocenters. The minimum absolute atomic E-state index is 0.0904. The van der Waals surface area contributed by atoms with Gasteiger partial charge in [0.2, 0.25) is 0 Å². The first-order chi connectivity index (χ1) is 17.2. The number of alkyl halides is 6. The fraction of sp³-hybridized carbons (Fsp3) is 0.308. The number of benzene rings is 2. The van der Waals surface area contributed by atoms with Gasteiger partial charge >= 0.3 is 29.4 Å². The van der Waals surface area contributed by atoms with E-state index >= 15 is 0 Å². The van der Waals surface area contributed by atoms with Gasteiger partial charge < -0.3 is 13.9 Å². The number of halogens is 6. The molecule has 3 rings (SSSR count). The van der Waals surface area contributed by atoms with Crippen LogP contribution in [0.25, 0.3) is 22.1 Å². The second-order valence-corrected chi connectivity index (χ2v) is 8.29. The van der Waals surface area contributed by atoms with Crippen LogP contribution in [0.4, 0.5) is 26.3 Å². The highest BCUT2D eigenvalue weighted by atomic mass is 19.3. The number of carbonyl (C=O) groups excluding carboxylic acids is 1. The Bertz CT molecular complexity index is 1380. The van der Waals surface area contributed by atoms with Crippen molar-refractivity contribution in [1.29, 1.82) is 0 Å². The van der Waals surface area contributed by atoms with E-state index in [0.29, 0.717) is 17.4 Å². The van der Waals surface area contributed by atoms with Crippen LogP contribution >= 0.6 is 0 Å². The molecule has 11 heteroatoms. The van der Waals surface area contributed by atoms with Crippen LogP contribution < -0.4 is 10.4 Å². The number of hydrogen-bond donors (Lipinski definition) is 0. The lowest BCUT2D eigenvalue weighted by Crippen LogP contribution is -2.58. The quantitative estimate of drug-likeness (QED) is 0.131. The molecule has 0 fully saturated rings. The zero-order valence-corrected chi connectivity index (χ0v) is 19.8. The van der Waals surface area contributed by atoms with Crippen molar-refractivity contribution in [3.8, 4) is 16.9 Å². The monoisotopic (exact) mass is 528 g/mol. The Morgan fingerprint density at radius 1 is 0.946 bits per heavy atom. The number of rotatable bonds is 10. The summed E-state index contributed by atoms with van der Waals surface area (Å²) in [5, 5.41) is 0.385. The van der Waals surface area contributed by atoms with Crippen LogP contribution in [-0.4, -0.2) is 37.0 Å². The molecule has 0 unspecified atom stereocenters. The first-order valence-corrected chi connectivity index (χ1v) is 11.0. The molecule has 0 bridgehead atoms. The van der Waals surface area contributed by atoms with Crippen LogP contribution in [-0.2, 0) is 16.0 Å². The topological polar surface area (TPSA) is 65.7 Å². The minimum Gasteiger partial charge on any atom is -0.487 e. The predicted molar refractivity (Wildman–Crippen MR) is 123 cm³/mol. The molecule has 0 saturated carbocycles. The zero-order valence-electron chi connectivity index (χ0n) is 19.8. The van der Waals surface area contributed by atoms with Gasteiger partial charge in [-0.25, -0.2) is 9.59 Å². The normalized spacial score (nSPS) is 12.4. The summed E-state index contributed by atoms with van der Waals surface area (Å²) in [5.74, 6) is -18.6. The number of fused-ring (bicyclic) bond motifs is 1. The number of hydrogen-bond acceptors (Lipinski definition) is 5. The van der Waals surface area contributed by atoms with Crippen LogP contribution in [0, 0.1) is 0 Å². The molecule has 2 aromatic carbocycles. The fourth-order valence-corrected chi connectivity index (χ4v) is 3.36. The molecular formula is C26H22F6O5. The molecule has 0 amide bonds. The van der Waals surface area contributed by atoms with Gasteiger partial charge in [0.1, 0.15) is 11.3 Å². The number of carbonyl (C=O) groups is 1. The smallest absolute Gasteiger partial charge is 0.378 e. The third-order valence-corrected chi connectivity index (χ3v) is 5.47. The van der Waals surface area contributed by atoms with Crippen molar-refractivity contribution < 1.29 is 45.0 Å². The van der Waals surface area contributed by atoms with Gasteiger partial charge in [-0.15, -0.1) is 0 Å². The van der Waals surface area contributed by atoms with E-state index < -0.39 is 48.3 Å². The van der Waals surface area contributed by atoms with Crippen molar-refractivity contribution in [2.45, 2.75) is 38.0 Å². The van der Waals surface area contributed by atoms with Crippen molar-refractivity contribution in [2.75, 3.05) is 13.2 Å². The Balaban J connectivity index is 1.80. The fourth-order valence-electron chi connectivity index (χ4n) is 3.36. The maximum absolute atomic E-state index is 14.2. The maximum atomic E-state index is 14.2. The predicted octanol–water partition coefficient (Wildman–Crippen LogP) is 6.43. The lowest BCUT2D eigenvalue weighted by Gasteiger charge is -2.32. The lowest BCUT2D eigenvalue weighted by molar-refractivity contribution is -0.322. The van der Waals surface area contributed by atoms with Gasteiger partial charge in [0.05, 0.1) is 5.56 Å². The van der Waals surface area contributed by atoms with Crippen LogP contribution in [0.3, 0.4) is 0 Å². The molecule has 37 heavy (non-hydrogen) atoms. The summed E-state index contributed by atoms with van der Waals surface area (Å²) >= 11 is 0. The summed E-state index contributed by atoms with van der Waals surface area (Å²) in [6, 6.07) is 12.2. The van der Waals surface area contributed by atoms with Crippen molar-refractivity contribution in [2.24, 2.45) is 0 Å². The van der Waals surface area contributed by atoms with Crippen LogP contribution in [0.2, 0.25) is 0 Å². The van der Waals surface area contributed by atoms with Gasteiger partial charge in [-0.05, 0) is 42.7 Å². The van der Waals surface area contributed by atoms with Crippen molar-refractivity contribution >= 4 is 16.9 Å². The Kier molecular flexibility index (Phi) is 7.75. The summed E-state index contributed by atoms with van der Waals surface area (Å²) in [4.78, 5) is 23.8. The molecule has 0 aliphatic heterocycles. The molecule has 0 aliphatic rings.